The molecule has 10 nitrogen and oxygen atoms in total. The second kappa shape index (κ2) is 13.6. The molecular formula is C16H47B5N10. The summed E-state index contributed by atoms with van der Waals surface area (Å²) in [6, 6.07) is 1.44. The van der Waals surface area contributed by atoms with Crippen molar-refractivity contribution in [2.75, 3.05) is 28.2 Å². The van der Waals surface area contributed by atoms with Gasteiger partial charge in [0, 0.05) is 0 Å². The second-order valence-electron chi connectivity index (χ2n) is 10.1. The second-order valence-corrected chi connectivity index (χ2v) is 10.1. The topological polar surface area (TPSA) is 93.9 Å². The summed E-state index contributed by atoms with van der Waals surface area (Å²) in [6.45, 7) is 17.4. The summed E-state index contributed by atoms with van der Waals surface area (Å²) in [4.78, 5) is 2.16. The zero-order valence-corrected chi connectivity index (χ0v) is 22.0. The highest BCUT2D eigenvalue weighted by Crippen LogP contribution is 2.01. The van der Waals surface area contributed by atoms with Crippen molar-refractivity contribution >= 4 is 35.6 Å². The molecule has 0 saturated carbocycles. The molecule has 0 amide bonds. The minimum atomic E-state index is -0.0534. The van der Waals surface area contributed by atoms with E-state index in [1.807, 2.05) is 0 Å². The summed E-state index contributed by atoms with van der Waals surface area (Å²) in [6.07, 6.45) is 0. The number of nitrogens with one attached hydrogen (secondary N) is 7. The van der Waals surface area contributed by atoms with Crippen LogP contribution in [0.3, 0.4) is 0 Å². The van der Waals surface area contributed by atoms with Crippen LogP contribution in [0.2, 0.25) is 0 Å². The summed E-state index contributed by atoms with van der Waals surface area (Å²) < 4.78 is 4.55. The van der Waals surface area contributed by atoms with Crippen LogP contribution in [-0.2, 0) is 0 Å². The molecule has 1 aliphatic heterocycles. The third kappa shape index (κ3) is 10.2. The first-order valence-electron chi connectivity index (χ1n) is 11.7. The summed E-state index contributed by atoms with van der Waals surface area (Å²) in [7, 11) is 8.37. The van der Waals surface area contributed by atoms with Gasteiger partial charge in [0.15, 0.2) is 0 Å². The molecule has 0 unspecified atom stereocenters. The van der Waals surface area contributed by atoms with E-state index in [1.54, 1.807) is 0 Å². The molecule has 0 aliphatic carbocycles. The van der Waals surface area contributed by atoms with Gasteiger partial charge in [-0.2, -0.15) is 0 Å². The van der Waals surface area contributed by atoms with Gasteiger partial charge in [-0.3, -0.25) is 0 Å². The maximum Gasteiger partial charge on any atom is 0.388 e. The molecule has 0 aromatic heterocycles. The van der Waals surface area contributed by atoms with Gasteiger partial charge in [0.05, 0.1) is 0 Å². The lowest BCUT2D eigenvalue weighted by atomic mass is 9.57. The molecule has 7 N–H and O–H groups in total. The summed E-state index contributed by atoms with van der Waals surface area (Å²) in [5, 5.41) is 25.6. The van der Waals surface area contributed by atoms with Crippen molar-refractivity contribution in [3.05, 3.63) is 0 Å². The van der Waals surface area contributed by atoms with Crippen LogP contribution in [0.4, 0.5) is 0 Å². The number of rotatable bonds is 13. The Morgan fingerprint density at radius 2 is 0.774 bits per heavy atom. The standard InChI is InChI=1S/C16H47B5N10/c1-13(2)22-17(23-14(3)4)30(11)20-26-19(29(9)10)27-21(28-20)31(12)18(24-15(5)6)25-16(7)8/h13-16,22-28H,1-12H3. The average Bonchev–Trinajstić information content (AvgIpc) is 2.63. The average molecular weight is 434 g/mol. The number of nitrogens with zero attached hydrogens (tertiary/aromatic N) is 3. The maximum atomic E-state index is 3.73. The van der Waals surface area contributed by atoms with Crippen molar-refractivity contribution in [2.45, 2.75) is 79.6 Å². The SMILES string of the molecule is CC(C)NB(NC(C)C)N(C)B1NB(N(C)C)NB(N(C)B(NC(C)C)NC(C)C)N1. The lowest BCUT2D eigenvalue weighted by Gasteiger charge is -2.44. The summed E-state index contributed by atoms with van der Waals surface area (Å²) in [5.74, 6) is 0. The largest absolute Gasteiger partial charge is 0.388 e. The maximum absolute atomic E-state index is 3.73. The van der Waals surface area contributed by atoms with Crippen LogP contribution in [0, 0.1) is 0 Å². The third-order valence-electron chi connectivity index (χ3n) is 5.06. The lowest BCUT2D eigenvalue weighted by molar-refractivity contribution is 0.574. The molecule has 15 heteroatoms. The van der Waals surface area contributed by atoms with E-state index in [-0.39, 0.29) is 35.6 Å². The molecule has 0 aromatic rings. The van der Waals surface area contributed by atoms with E-state index in [4.69, 9.17) is 0 Å². The predicted molar refractivity (Wildman–Crippen MR) is 140 cm³/mol. The normalized spacial score (nSPS) is 15.8. The molecule has 0 bridgehead atoms. The van der Waals surface area contributed by atoms with Crippen LogP contribution in [-0.4, -0.2) is 102 Å². The zero-order chi connectivity index (χ0) is 23.9. The molecule has 31 heavy (non-hydrogen) atoms. The first-order chi connectivity index (χ1) is 14.3. The van der Waals surface area contributed by atoms with Crippen molar-refractivity contribution in [3.63, 3.8) is 0 Å². The van der Waals surface area contributed by atoms with Crippen LogP contribution in [0.15, 0.2) is 0 Å². The highest BCUT2D eigenvalue weighted by molar-refractivity contribution is 6.89. The van der Waals surface area contributed by atoms with Crippen LogP contribution in [0.1, 0.15) is 55.4 Å². The minimum absolute atomic E-state index is 0.0126. The Morgan fingerprint density at radius 1 is 0.516 bits per heavy atom. The van der Waals surface area contributed by atoms with Crippen LogP contribution in [0.25, 0.3) is 0 Å². The van der Waals surface area contributed by atoms with Crippen molar-refractivity contribution in [1.29, 1.82) is 0 Å². The molecule has 1 saturated heterocycles. The fourth-order valence-corrected chi connectivity index (χ4v) is 3.49. The van der Waals surface area contributed by atoms with Crippen molar-refractivity contribution < 1.29 is 0 Å². The third-order valence-corrected chi connectivity index (χ3v) is 5.06. The van der Waals surface area contributed by atoms with E-state index in [1.165, 1.54) is 0 Å². The molecule has 0 radical (unpaired) electrons. The highest BCUT2D eigenvalue weighted by atomic mass is 15.4. The quantitative estimate of drug-likeness (QED) is 0.167. The van der Waals surface area contributed by atoms with E-state index in [9.17, 15) is 0 Å². The van der Waals surface area contributed by atoms with Gasteiger partial charge in [0.2, 0.25) is 0 Å². The first-order valence-corrected chi connectivity index (χ1v) is 11.7. The fraction of sp³-hybridized carbons (Fsp3) is 1.00. The smallest absolute Gasteiger partial charge is 0.343 e. The van der Waals surface area contributed by atoms with Crippen LogP contribution < -0.4 is 36.3 Å². The Balaban J connectivity index is 3.06. The molecule has 176 valence electrons. The van der Waals surface area contributed by atoms with Crippen molar-refractivity contribution in [1.82, 2.24) is 50.6 Å². The Kier molecular flexibility index (Phi) is 12.7. The fourth-order valence-electron chi connectivity index (χ4n) is 3.49. The molecule has 1 fully saturated rings. The van der Waals surface area contributed by atoms with Gasteiger partial charge in [0.25, 0.3) is 0 Å². The molecule has 1 heterocycles. The van der Waals surface area contributed by atoms with Gasteiger partial charge < -0.3 is 50.6 Å². The molecule has 0 aromatic carbocycles. The van der Waals surface area contributed by atoms with E-state index in [0.717, 1.165) is 0 Å². The van der Waals surface area contributed by atoms with Crippen molar-refractivity contribution in [2.24, 2.45) is 0 Å². The van der Waals surface area contributed by atoms with Gasteiger partial charge in [-0.15, -0.1) is 0 Å². The number of hydrogen-bond donors (Lipinski definition) is 7. The lowest BCUT2D eigenvalue weighted by Crippen LogP contribution is -2.88. The van der Waals surface area contributed by atoms with E-state index in [2.05, 4.69) is 134 Å². The van der Waals surface area contributed by atoms with E-state index < -0.39 is 0 Å². The van der Waals surface area contributed by atoms with Crippen LogP contribution in [0.5, 0.6) is 0 Å². The first kappa shape index (κ1) is 29.0. The Morgan fingerprint density at radius 3 is 1.00 bits per heavy atom. The van der Waals surface area contributed by atoms with Gasteiger partial charge in [-0.1, -0.05) is 55.4 Å². The molecule has 0 spiro atoms. The van der Waals surface area contributed by atoms with E-state index in [0.29, 0.717) is 24.2 Å². The Hall–Kier alpha value is -0.0753. The van der Waals surface area contributed by atoms with Gasteiger partial charge in [0.1, 0.15) is 0 Å². The zero-order valence-electron chi connectivity index (χ0n) is 22.0. The highest BCUT2D eigenvalue weighted by Gasteiger charge is 2.45. The van der Waals surface area contributed by atoms with Gasteiger partial charge in [-0.25, -0.2) is 0 Å². The molecule has 1 aliphatic rings. The van der Waals surface area contributed by atoms with E-state index >= 15 is 0 Å². The van der Waals surface area contributed by atoms with Gasteiger partial charge in [-0.05, 0) is 52.4 Å². The summed E-state index contributed by atoms with van der Waals surface area (Å²) >= 11 is 0. The number of hydrogen-bond acceptors (Lipinski definition) is 10. The predicted octanol–water partition coefficient (Wildman–Crippen LogP) is -1.89. The molecular weight excluding hydrogens is 386 g/mol. The molecule has 0 atom stereocenters. The summed E-state index contributed by atoms with van der Waals surface area (Å²) in [5.41, 5.74) is 0. The molecule has 1 rings (SSSR count). The van der Waals surface area contributed by atoms with Crippen LogP contribution >= 0.6 is 0 Å². The monoisotopic (exact) mass is 434 g/mol. The minimum Gasteiger partial charge on any atom is -0.343 e. The van der Waals surface area contributed by atoms with Crippen molar-refractivity contribution in [3.8, 4) is 0 Å². The Labute approximate surface area is 194 Å². The van der Waals surface area contributed by atoms with Gasteiger partial charge >= 0.3 is 35.6 Å². The Bertz CT molecular complexity index is 443.